The van der Waals surface area contributed by atoms with Gasteiger partial charge >= 0.3 is 0 Å². The van der Waals surface area contributed by atoms with Gasteiger partial charge in [-0.3, -0.25) is 0 Å². The monoisotopic (exact) mass is 197 g/mol. The molecule has 2 heteroatoms. The van der Waals surface area contributed by atoms with E-state index in [2.05, 4.69) is 42.9 Å². The zero-order valence-corrected chi connectivity index (χ0v) is 9.69. The van der Waals surface area contributed by atoms with Crippen molar-refractivity contribution in [2.75, 3.05) is 7.05 Å². The normalized spacial score (nSPS) is 16.1. The molecule has 2 atom stereocenters. The molecule has 0 bridgehead atoms. The van der Waals surface area contributed by atoms with Crippen LogP contribution in [0, 0.1) is 11.8 Å². The zero-order chi connectivity index (χ0) is 9.84. The van der Waals surface area contributed by atoms with E-state index in [1.54, 1.807) is 11.3 Å². The summed E-state index contributed by atoms with van der Waals surface area (Å²) < 4.78 is 0. The van der Waals surface area contributed by atoms with Crippen molar-refractivity contribution in [1.29, 1.82) is 0 Å². The largest absolute Gasteiger partial charge is 0.313 e. The van der Waals surface area contributed by atoms with Crippen molar-refractivity contribution in [3.05, 3.63) is 22.4 Å². The molecule has 0 saturated carbocycles. The molecule has 0 saturated heterocycles. The summed E-state index contributed by atoms with van der Waals surface area (Å²) in [5, 5.41) is 7.77. The molecule has 1 heterocycles. The van der Waals surface area contributed by atoms with Crippen LogP contribution in [-0.4, -0.2) is 7.05 Å². The third-order valence-electron chi connectivity index (χ3n) is 2.79. The highest BCUT2D eigenvalue weighted by atomic mass is 32.1. The Hall–Kier alpha value is -0.340. The van der Waals surface area contributed by atoms with Crippen molar-refractivity contribution < 1.29 is 0 Å². The van der Waals surface area contributed by atoms with E-state index in [0.717, 1.165) is 5.92 Å². The van der Waals surface area contributed by atoms with Crippen molar-refractivity contribution in [3.63, 3.8) is 0 Å². The lowest BCUT2D eigenvalue weighted by Gasteiger charge is -2.26. The summed E-state index contributed by atoms with van der Waals surface area (Å²) in [5.74, 6) is 1.40. The number of nitrogens with one attached hydrogen (secondary N) is 1. The molecular formula is C11H19NS. The highest BCUT2D eigenvalue weighted by Crippen LogP contribution is 2.28. The van der Waals surface area contributed by atoms with Crippen LogP contribution in [0.25, 0.3) is 0 Å². The van der Waals surface area contributed by atoms with Gasteiger partial charge in [0.25, 0.3) is 0 Å². The summed E-state index contributed by atoms with van der Waals surface area (Å²) in [6.45, 7) is 6.87. The van der Waals surface area contributed by atoms with Crippen LogP contribution in [-0.2, 0) is 0 Å². The quantitative estimate of drug-likeness (QED) is 0.781. The van der Waals surface area contributed by atoms with Crippen molar-refractivity contribution in [2.45, 2.75) is 26.8 Å². The smallest absolute Gasteiger partial charge is 0.0354 e. The van der Waals surface area contributed by atoms with Gasteiger partial charge in [-0.05, 0) is 41.3 Å². The Labute approximate surface area is 85.2 Å². The van der Waals surface area contributed by atoms with Crippen molar-refractivity contribution in [2.24, 2.45) is 11.8 Å². The van der Waals surface area contributed by atoms with Crippen LogP contribution in [0.1, 0.15) is 32.4 Å². The fraction of sp³-hybridized carbons (Fsp3) is 0.636. The van der Waals surface area contributed by atoms with E-state index in [1.165, 1.54) is 5.56 Å². The minimum atomic E-state index is 0.506. The van der Waals surface area contributed by atoms with Crippen LogP contribution >= 0.6 is 11.3 Å². The molecule has 0 aliphatic carbocycles. The predicted molar refractivity (Wildman–Crippen MR) is 60.1 cm³/mol. The third kappa shape index (κ3) is 2.55. The molecule has 0 aromatic carbocycles. The first-order chi connectivity index (χ1) is 6.16. The number of hydrogen-bond acceptors (Lipinski definition) is 2. The zero-order valence-electron chi connectivity index (χ0n) is 8.87. The molecule has 0 radical (unpaired) electrons. The SMILES string of the molecule is CNC(c1ccsc1)C(C)C(C)C. The lowest BCUT2D eigenvalue weighted by molar-refractivity contribution is 0.317. The third-order valence-corrected chi connectivity index (χ3v) is 3.49. The summed E-state index contributed by atoms with van der Waals surface area (Å²) in [6.07, 6.45) is 0. The van der Waals surface area contributed by atoms with Gasteiger partial charge in [-0.1, -0.05) is 20.8 Å². The molecule has 13 heavy (non-hydrogen) atoms. The standard InChI is InChI=1S/C11H19NS/c1-8(2)9(3)11(12-4)10-5-6-13-7-10/h5-9,11-12H,1-4H3. The molecule has 1 aromatic heterocycles. The van der Waals surface area contributed by atoms with Crippen molar-refractivity contribution in [1.82, 2.24) is 5.32 Å². The van der Waals surface area contributed by atoms with Crippen LogP contribution in [0.2, 0.25) is 0 Å². The molecule has 0 amide bonds. The molecule has 1 N–H and O–H groups in total. The first-order valence-electron chi connectivity index (χ1n) is 4.86. The summed E-state index contributed by atoms with van der Waals surface area (Å²) in [7, 11) is 2.04. The van der Waals surface area contributed by atoms with Crippen LogP contribution in [0.5, 0.6) is 0 Å². The van der Waals surface area contributed by atoms with Crippen LogP contribution in [0.4, 0.5) is 0 Å². The van der Waals surface area contributed by atoms with E-state index in [4.69, 9.17) is 0 Å². The van der Waals surface area contributed by atoms with E-state index < -0.39 is 0 Å². The highest BCUT2D eigenvalue weighted by molar-refractivity contribution is 7.07. The Kier molecular flexibility index (Phi) is 3.94. The Balaban J connectivity index is 2.74. The average molecular weight is 197 g/mol. The molecule has 74 valence electrons. The summed E-state index contributed by atoms with van der Waals surface area (Å²) in [6, 6.07) is 2.72. The van der Waals surface area contributed by atoms with Crippen LogP contribution in [0.15, 0.2) is 16.8 Å². The summed E-state index contributed by atoms with van der Waals surface area (Å²) in [5.41, 5.74) is 1.42. The fourth-order valence-corrected chi connectivity index (χ4v) is 2.27. The molecule has 0 aliphatic heterocycles. The predicted octanol–water partition coefficient (Wildman–Crippen LogP) is 3.30. The Morgan fingerprint density at radius 2 is 2.00 bits per heavy atom. The Morgan fingerprint density at radius 1 is 1.31 bits per heavy atom. The summed E-state index contributed by atoms with van der Waals surface area (Å²) >= 11 is 1.77. The second-order valence-electron chi connectivity index (χ2n) is 3.93. The molecule has 1 rings (SSSR count). The molecule has 1 aromatic rings. The minimum absolute atomic E-state index is 0.506. The first kappa shape index (κ1) is 10.7. The number of rotatable bonds is 4. The number of thiophene rings is 1. The van der Waals surface area contributed by atoms with Gasteiger partial charge in [-0.15, -0.1) is 0 Å². The Morgan fingerprint density at radius 3 is 2.38 bits per heavy atom. The van der Waals surface area contributed by atoms with Crippen molar-refractivity contribution in [3.8, 4) is 0 Å². The van der Waals surface area contributed by atoms with Crippen LogP contribution in [0.3, 0.4) is 0 Å². The van der Waals surface area contributed by atoms with Gasteiger partial charge in [0.05, 0.1) is 0 Å². The molecule has 0 fully saturated rings. The second kappa shape index (κ2) is 4.77. The van der Waals surface area contributed by atoms with Gasteiger partial charge in [-0.2, -0.15) is 11.3 Å². The Bertz CT molecular complexity index is 228. The topological polar surface area (TPSA) is 12.0 Å². The lowest BCUT2D eigenvalue weighted by atomic mass is 9.87. The van der Waals surface area contributed by atoms with Crippen molar-refractivity contribution >= 4 is 11.3 Å². The van der Waals surface area contributed by atoms with Gasteiger partial charge in [0.15, 0.2) is 0 Å². The van der Waals surface area contributed by atoms with Gasteiger partial charge in [0, 0.05) is 6.04 Å². The maximum absolute atomic E-state index is 3.39. The maximum atomic E-state index is 3.39. The first-order valence-corrected chi connectivity index (χ1v) is 5.80. The van der Waals surface area contributed by atoms with Gasteiger partial charge in [0.2, 0.25) is 0 Å². The molecule has 0 aliphatic rings. The fourth-order valence-electron chi connectivity index (χ4n) is 1.57. The summed E-state index contributed by atoms with van der Waals surface area (Å²) in [4.78, 5) is 0. The molecular weight excluding hydrogens is 178 g/mol. The van der Waals surface area contributed by atoms with E-state index in [0.29, 0.717) is 12.0 Å². The average Bonchev–Trinajstić information content (AvgIpc) is 2.58. The van der Waals surface area contributed by atoms with E-state index >= 15 is 0 Å². The van der Waals surface area contributed by atoms with Gasteiger partial charge in [-0.25, -0.2) is 0 Å². The molecule has 0 spiro atoms. The second-order valence-corrected chi connectivity index (χ2v) is 4.71. The van der Waals surface area contributed by atoms with Gasteiger partial charge < -0.3 is 5.32 Å². The van der Waals surface area contributed by atoms with E-state index in [9.17, 15) is 0 Å². The number of hydrogen-bond donors (Lipinski definition) is 1. The van der Waals surface area contributed by atoms with E-state index in [1.807, 2.05) is 7.05 Å². The van der Waals surface area contributed by atoms with Gasteiger partial charge in [0.1, 0.15) is 0 Å². The lowest BCUT2D eigenvalue weighted by Crippen LogP contribution is -2.26. The minimum Gasteiger partial charge on any atom is -0.313 e. The molecule has 2 unspecified atom stereocenters. The van der Waals surface area contributed by atoms with E-state index in [-0.39, 0.29) is 0 Å². The van der Waals surface area contributed by atoms with Crippen LogP contribution < -0.4 is 5.32 Å². The molecule has 1 nitrogen and oxygen atoms in total. The maximum Gasteiger partial charge on any atom is 0.0354 e. The highest BCUT2D eigenvalue weighted by Gasteiger charge is 2.20.